The minimum atomic E-state index is 0.564. The third-order valence-electron chi connectivity index (χ3n) is 2.76. The van der Waals surface area contributed by atoms with Gasteiger partial charge >= 0.3 is 0 Å². The molecule has 0 N–H and O–H groups in total. The van der Waals surface area contributed by atoms with Crippen molar-refractivity contribution in [3.05, 3.63) is 72.4 Å². The normalized spacial score (nSPS) is 10.4. The number of benzene rings is 2. The van der Waals surface area contributed by atoms with Gasteiger partial charge in [0.15, 0.2) is 0 Å². The SMILES string of the molecule is [c]1ccc(OCc2ccc3ncccc3c2)cc1. The second-order valence-electron chi connectivity index (χ2n) is 4.05. The van der Waals surface area contributed by atoms with E-state index in [1.807, 2.05) is 42.5 Å². The smallest absolute Gasteiger partial charge is 0.119 e. The van der Waals surface area contributed by atoms with Crippen LogP contribution in [-0.4, -0.2) is 4.98 Å². The van der Waals surface area contributed by atoms with Gasteiger partial charge in [-0.2, -0.15) is 0 Å². The van der Waals surface area contributed by atoms with E-state index in [0.717, 1.165) is 22.2 Å². The van der Waals surface area contributed by atoms with Crippen LogP contribution in [0, 0.1) is 6.07 Å². The second kappa shape index (κ2) is 4.88. The van der Waals surface area contributed by atoms with Gasteiger partial charge in [0.2, 0.25) is 0 Å². The molecule has 1 heterocycles. The Morgan fingerprint density at radius 3 is 2.83 bits per heavy atom. The first kappa shape index (κ1) is 10.8. The maximum atomic E-state index is 5.70. The van der Waals surface area contributed by atoms with Gasteiger partial charge in [0.1, 0.15) is 12.4 Å². The Kier molecular flexibility index (Phi) is 2.92. The Labute approximate surface area is 106 Å². The van der Waals surface area contributed by atoms with Gasteiger partial charge in [0.05, 0.1) is 5.52 Å². The van der Waals surface area contributed by atoms with Crippen LogP contribution in [0.15, 0.2) is 60.8 Å². The molecule has 18 heavy (non-hydrogen) atoms. The Bertz CT molecular complexity index is 649. The summed E-state index contributed by atoms with van der Waals surface area (Å²) in [7, 11) is 0. The number of aromatic nitrogens is 1. The fourth-order valence-corrected chi connectivity index (χ4v) is 1.85. The summed E-state index contributed by atoms with van der Waals surface area (Å²) >= 11 is 0. The monoisotopic (exact) mass is 234 g/mol. The average molecular weight is 234 g/mol. The Morgan fingerprint density at radius 2 is 1.94 bits per heavy atom. The number of hydrogen-bond acceptors (Lipinski definition) is 2. The number of fused-ring (bicyclic) bond motifs is 1. The number of hydrogen-bond donors (Lipinski definition) is 0. The highest BCUT2D eigenvalue weighted by Gasteiger charge is 1.98. The van der Waals surface area contributed by atoms with Gasteiger partial charge in [-0.05, 0) is 42.0 Å². The minimum Gasteiger partial charge on any atom is -0.489 e. The van der Waals surface area contributed by atoms with Crippen molar-refractivity contribution in [3.63, 3.8) is 0 Å². The molecule has 1 radical (unpaired) electrons. The predicted molar refractivity (Wildman–Crippen MR) is 71.4 cm³/mol. The van der Waals surface area contributed by atoms with Gasteiger partial charge in [-0.15, -0.1) is 0 Å². The van der Waals surface area contributed by atoms with Crippen molar-refractivity contribution < 1.29 is 4.74 Å². The molecule has 0 atom stereocenters. The highest BCUT2D eigenvalue weighted by molar-refractivity contribution is 5.78. The molecule has 0 aliphatic carbocycles. The van der Waals surface area contributed by atoms with E-state index in [0.29, 0.717) is 6.61 Å². The lowest BCUT2D eigenvalue weighted by atomic mass is 10.1. The fraction of sp³-hybridized carbons (Fsp3) is 0.0625. The van der Waals surface area contributed by atoms with Gasteiger partial charge in [-0.1, -0.05) is 24.3 Å². The van der Waals surface area contributed by atoms with Gasteiger partial charge < -0.3 is 4.74 Å². The van der Waals surface area contributed by atoms with Gasteiger partial charge in [-0.3, -0.25) is 4.98 Å². The van der Waals surface area contributed by atoms with Crippen molar-refractivity contribution in [3.8, 4) is 5.75 Å². The van der Waals surface area contributed by atoms with E-state index in [4.69, 9.17) is 4.74 Å². The van der Waals surface area contributed by atoms with Crippen molar-refractivity contribution in [2.45, 2.75) is 6.61 Å². The lowest BCUT2D eigenvalue weighted by Crippen LogP contribution is -1.95. The zero-order valence-corrected chi connectivity index (χ0v) is 9.84. The van der Waals surface area contributed by atoms with Crippen LogP contribution < -0.4 is 4.74 Å². The zero-order valence-electron chi connectivity index (χ0n) is 9.84. The first-order chi connectivity index (χ1) is 8.92. The lowest BCUT2D eigenvalue weighted by Gasteiger charge is -2.06. The van der Waals surface area contributed by atoms with Gasteiger partial charge in [0.25, 0.3) is 0 Å². The lowest BCUT2D eigenvalue weighted by molar-refractivity contribution is 0.306. The zero-order chi connectivity index (χ0) is 12.2. The standard InChI is InChI=1S/C16H12NO/c1-2-6-15(7-3-1)18-12-13-8-9-16-14(11-13)5-4-10-17-16/h2-11H,12H2. The highest BCUT2D eigenvalue weighted by atomic mass is 16.5. The van der Waals surface area contributed by atoms with E-state index >= 15 is 0 Å². The molecule has 0 fully saturated rings. The molecule has 0 bridgehead atoms. The molecule has 0 aliphatic rings. The summed E-state index contributed by atoms with van der Waals surface area (Å²) in [6, 6.07) is 20.6. The number of pyridine rings is 1. The van der Waals surface area contributed by atoms with Crippen molar-refractivity contribution >= 4 is 10.9 Å². The molecule has 0 saturated carbocycles. The molecule has 1 aromatic heterocycles. The molecule has 3 aromatic rings. The van der Waals surface area contributed by atoms with Crippen LogP contribution in [0.25, 0.3) is 10.9 Å². The Balaban J connectivity index is 1.79. The van der Waals surface area contributed by atoms with Crippen molar-refractivity contribution in [2.24, 2.45) is 0 Å². The third kappa shape index (κ3) is 2.33. The molecule has 0 unspecified atom stereocenters. The van der Waals surface area contributed by atoms with E-state index in [1.54, 1.807) is 6.20 Å². The van der Waals surface area contributed by atoms with Crippen LogP contribution in [0.4, 0.5) is 0 Å². The third-order valence-corrected chi connectivity index (χ3v) is 2.76. The summed E-state index contributed by atoms with van der Waals surface area (Å²) in [5.41, 5.74) is 2.15. The van der Waals surface area contributed by atoms with Crippen molar-refractivity contribution in [2.75, 3.05) is 0 Å². The van der Waals surface area contributed by atoms with Crippen LogP contribution in [0.1, 0.15) is 5.56 Å². The fourth-order valence-electron chi connectivity index (χ4n) is 1.85. The molecule has 0 spiro atoms. The Hall–Kier alpha value is -2.35. The van der Waals surface area contributed by atoms with Crippen LogP contribution >= 0.6 is 0 Å². The molecular weight excluding hydrogens is 222 g/mol. The quantitative estimate of drug-likeness (QED) is 0.690. The summed E-state index contributed by atoms with van der Waals surface area (Å²) in [5.74, 6) is 0.861. The topological polar surface area (TPSA) is 22.1 Å². The van der Waals surface area contributed by atoms with E-state index in [2.05, 4.69) is 23.2 Å². The molecule has 2 aromatic carbocycles. The van der Waals surface area contributed by atoms with E-state index in [-0.39, 0.29) is 0 Å². The average Bonchev–Trinajstić information content (AvgIpc) is 2.46. The van der Waals surface area contributed by atoms with E-state index in [9.17, 15) is 0 Å². The van der Waals surface area contributed by atoms with Gasteiger partial charge in [-0.25, -0.2) is 0 Å². The largest absolute Gasteiger partial charge is 0.489 e. The summed E-state index contributed by atoms with van der Waals surface area (Å²) in [5, 5.41) is 1.14. The first-order valence-corrected chi connectivity index (χ1v) is 5.84. The summed E-state index contributed by atoms with van der Waals surface area (Å²) < 4.78 is 5.70. The summed E-state index contributed by atoms with van der Waals surface area (Å²) in [6.45, 7) is 0.564. The second-order valence-corrected chi connectivity index (χ2v) is 4.05. The van der Waals surface area contributed by atoms with Crippen LogP contribution in [0.2, 0.25) is 0 Å². The van der Waals surface area contributed by atoms with Crippen LogP contribution in [0.3, 0.4) is 0 Å². The molecule has 0 amide bonds. The van der Waals surface area contributed by atoms with Gasteiger partial charge in [0, 0.05) is 11.6 Å². The number of ether oxygens (including phenoxy) is 1. The highest BCUT2D eigenvalue weighted by Crippen LogP contribution is 2.16. The molecule has 0 saturated heterocycles. The molecule has 2 heteroatoms. The first-order valence-electron chi connectivity index (χ1n) is 5.84. The Morgan fingerprint density at radius 1 is 1.06 bits per heavy atom. The molecule has 3 rings (SSSR count). The summed E-state index contributed by atoms with van der Waals surface area (Å²) in [6.07, 6.45) is 1.80. The van der Waals surface area contributed by atoms with E-state index in [1.165, 1.54) is 0 Å². The minimum absolute atomic E-state index is 0.564. The predicted octanol–water partition coefficient (Wildman–Crippen LogP) is 3.61. The van der Waals surface area contributed by atoms with Crippen molar-refractivity contribution in [1.29, 1.82) is 0 Å². The maximum Gasteiger partial charge on any atom is 0.119 e. The van der Waals surface area contributed by atoms with Crippen molar-refractivity contribution in [1.82, 2.24) is 4.98 Å². The van der Waals surface area contributed by atoms with E-state index < -0.39 is 0 Å². The van der Waals surface area contributed by atoms with Crippen LogP contribution in [-0.2, 0) is 6.61 Å². The molecule has 2 nitrogen and oxygen atoms in total. The maximum absolute atomic E-state index is 5.70. The molecule has 0 aliphatic heterocycles. The molecule has 87 valence electrons. The number of rotatable bonds is 3. The summed E-state index contributed by atoms with van der Waals surface area (Å²) in [4.78, 5) is 4.30. The van der Waals surface area contributed by atoms with Crippen LogP contribution in [0.5, 0.6) is 5.75 Å². The molecular formula is C16H12NO. The number of nitrogens with zero attached hydrogens (tertiary/aromatic N) is 1.